The van der Waals surface area contributed by atoms with Crippen molar-refractivity contribution < 1.29 is 14.3 Å². The molecule has 0 aliphatic rings. The van der Waals surface area contributed by atoms with E-state index in [-0.39, 0.29) is 28.7 Å². The first-order valence-corrected chi connectivity index (χ1v) is 11.7. The van der Waals surface area contributed by atoms with Crippen molar-refractivity contribution in [1.29, 1.82) is 0 Å². The fourth-order valence-electron chi connectivity index (χ4n) is 3.30. The highest BCUT2D eigenvalue weighted by Gasteiger charge is 2.15. The van der Waals surface area contributed by atoms with Crippen LogP contribution >= 0.6 is 23.2 Å². The minimum atomic E-state index is -0.371. The number of hydrogen-bond donors (Lipinski definition) is 3. The molecule has 4 rings (SSSR count). The van der Waals surface area contributed by atoms with Crippen molar-refractivity contribution in [3.8, 4) is 5.75 Å². The van der Waals surface area contributed by atoms with E-state index in [0.29, 0.717) is 40.5 Å². The number of aromatic nitrogens is 2. The molecule has 36 heavy (non-hydrogen) atoms. The van der Waals surface area contributed by atoms with Gasteiger partial charge < -0.3 is 20.7 Å². The summed E-state index contributed by atoms with van der Waals surface area (Å²) in [4.78, 5) is 33.5. The molecule has 0 fully saturated rings. The van der Waals surface area contributed by atoms with Gasteiger partial charge in [0.15, 0.2) is 10.3 Å². The van der Waals surface area contributed by atoms with E-state index in [1.54, 1.807) is 72.9 Å². The number of benzene rings is 2. The van der Waals surface area contributed by atoms with Crippen molar-refractivity contribution in [2.24, 2.45) is 0 Å². The van der Waals surface area contributed by atoms with E-state index >= 15 is 0 Å². The first-order valence-electron chi connectivity index (χ1n) is 10.9. The molecule has 10 heteroatoms. The third-order valence-electron chi connectivity index (χ3n) is 4.99. The molecule has 182 valence electrons. The van der Waals surface area contributed by atoms with Gasteiger partial charge in [-0.2, -0.15) is 0 Å². The van der Waals surface area contributed by atoms with Gasteiger partial charge in [0.1, 0.15) is 12.4 Å². The molecule has 3 N–H and O–H groups in total. The number of nitrogens with one attached hydrogen (secondary N) is 3. The topological polar surface area (TPSA) is 105 Å². The number of carbonyl (C=O) groups excluding carboxylic acids is 2. The van der Waals surface area contributed by atoms with E-state index in [9.17, 15) is 9.59 Å². The second-order valence-electron chi connectivity index (χ2n) is 7.41. The molecule has 0 radical (unpaired) electrons. The smallest absolute Gasteiger partial charge is 0.259 e. The maximum Gasteiger partial charge on any atom is 0.259 e. The average molecular weight is 522 g/mol. The zero-order valence-corrected chi connectivity index (χ0v) is 20.4. The van der Waals surface area contributed by atoms with E-state index in [0.717, 1.165) is 0 Å². The Balaban J connectivity index is 1.37. The van der Waals surface area contributed by atoms with Crippen molar-refractivity contribution in [3.63, 3.8) is 0 Å². The number of para-hydroxylation sites is 2. The molecule has 8 nitrogen and oxygen atoms in total. The lowest BCUT2D eigenvalue weighted by Crippen LogP contribution is -2.19. The van der Waals surface area contributed by atoms with Crippen molar-refractivity contribution >= 4 is 52.1 Å². The van der Waals surface area contributed by atoms with Gasteiger partial charge in [-0.25, -0.2) is 9.97 Å². The Bertz CT molecular complexity index is 1280. The number of nitrogens with zero attached hydrogens (tertiary/aromatic N) is 2. The summed E-state index contributed by atoms with van der Waals surface area (Å²) in [5.74, 6) is -0.288. The lowest BCUT2D eigenvalue weighted by molar-refractivity contribution is 0.101. The maximum atomic E-state index is 12.8. The van der Waals surface area contributed by atoms with Crippen LogP contribution in [0.5, 0.6) is 5.75 Å². The molecule has 0 saturated heterocycles. The summed E-state index contributed by atoms with van der Waals surface area (Å²) >= 11 is 12.1. The molecule has 0 unspecified atom stereocenters. The number of halogens is 2. The molecule has 0 aliphatic heterocycles. The van der Waals surface area contributed by atoms with Crippen LogP contribution in [0.25, 0.3) is 0 Å². The summed E-state index contributed by atoms with van der Waals surface area (Å²) in [6.45, 7) is 0.616. The molecule has 2 aromatic heterocycles. The van der Waals surface area contributed by atoms with Crippen LogP contribution in [0.3, 0.4) is 0 Å². The number of amides is 2. The molecule has 4 aromatic rings. The van der Waals surface area contributed by atoms with Crippen LogP contribution in [0, 0.1) is 0 Å². The number of ether oxygens (including phenoxy) is 1. The van der Waals surface area contributed by atoms with Crippen LogP contribution in [0.1, 0.15) is 20.7 Å². The SMILES string of the molecule is O=C(Nc1cccnc1Cl)c1ccccc1NCCOc1ccccc1C(=O)Nc1cccnc1Cl. The van der Waals surface area contributed by atoms with Crippen molar-refractivity contribution in [2.45, 2.75) is 0 Å². The van der Waals surface area contributed by atoms with E-state index < -0.39 is 0 Å². The lowest BCUT2D eigenvalue weighted by atomic mass is 10.1. The van der Waals surface area contributed by atoms with Gasteiger partial charge in [-0.15, -0.1) is 0 Å². The van der Waals surface area contributed by atoms with Crippen LogP contribution in [-0.2, 0) is 0 Å². The van der Waals surface area contributed by atoms with Gasteiger partial charge in [-0.05, 0) is 48.5 Å². The van der Waals surface area contributed by atoms with Gasteiger partial charge in [0, 0.05) is 24.6 Å². The Labute approximate surface area is 217 Å². The highest BCUT2D eigenvalue weighted by Crippen LogP contribution is 2.24. The Kier molecular flexibility index (Phi) is 8.33. The normalized spacial score (nSPS) is 10.4. The van der Waals surface area contributed by atoms with Crippen LogP contribution in [-0.4, -0.2) is 34.9 Å². The highest BCUT2D eigenvalue weighted by molar-refractivity contribution is 6.33. The Morgan fingerprint density at radius 1 is 0.694 bits per heavy atom. The van der Waals surface area contributed by atoms with E-state index in [1.807, 2.05) is 6.07 Å². The predicted octanol–water partition coefficient (Wildman–Crippen LogP) is 5.78. The van der Waals surface area contributed by atoms with Gasteiger partial charge in [0.25, 0.3) is 11.8 Å². The predicted molar refractivity (Wildman–Crippen MR) is 141 cm³/mol. The zero-order chi connectivity index (χ0) is 25.3. The second kappa shape index (κ2) is 12.0. The number of pyridine rings is 2. The number of rotatable bonds is 9. The molecular formula is C26H21Cl2N5O3. The number of hydrogen-bond acceptors (Lipinski definition) is 6. The number of carbonyl (C=O) groups is 2. The largest absolute Gasteiger partial charge is 0.491 e. The molecule has 0 spiro atoms. The third-order valence-corrected chi connectivity index (χ3v) is 5.60. The Morgan fingerprint density at radius 2 is 1.22 bits per heavy atom. The summed E-state index contributed by atoms with van der Waals surface area (Å²) in [5.41, 5.74) is 2.24. The van der Waals surface area contributed by atoms with Crippen molar-refractivity contribution in [2.75, 3.05) is 29.1 Å². The Hall–Kier alpha value is -4.14. The first-order chi connectivity index (χ1) is 17.5. The van der Waals surface area contributed by atoms with E-state index in [2.05, 4.69) is 25.9 Å². The minimum Gasteiger partial charge on any atom is -0.491 e. The van der Waals surface area contributed by atoms with E-state index in [4.69, 9.17) is 27.9 Å². The quantitative estimate of drug-likeness (QED) is 0.190. The second-order valence-corrected chi connectivity index (χ2v) is 8.12. The monoisotopic (exact) mass is 521 g/mol. The fourth-order valence-corrected chi connectivity index (χ4v) is 3.63. The van der Waals surface area contributed by atoms with Gasteiger partial charge in [0.05, 0.1) is 22.5 Å². The summed E-state index contributed by atoms with van der Waals surface area (Å²) in [7, 11) is 0. The minimum absolute atomic E-state index is 0.196. The molecule has 2 amide bonds. The van der Waals surface area contributed by atoms with Gasteiger partial charge in [0.2, 0.25) is 0 Å². The Morgan fingerprint density at radius 3 is 1.86 bits per heavy atom. The summed E-state index contributed by atoms with van der Waals surface area (Å²) < 4.78 is 5.86. The molecule has 0 atom stereocenters. The maximum absolute atomic E-state index is 12.8. The zero-order valence-electron chi connectivity index (χ0n) is 18.9. The number of anilines is 3. The van der Waals surface area contributed by atoms with Crippen LogP contribution in [0.2, 0.25) is 10.3 Å². The molecule has 0 saturated carbocycles. The van der Waals surface area contributed by atoms with Crippen LogP contribution in [0.4, 0.5) is 17.1 Å². The van der Waals surface area contributed by atoms with Gasteiger partial charge in [-0.3, -0.25) is 9.59 Å². The molecule has 0 aliphatic carbocycles. The van der Waals surface area contributed by atoms with Crippen LogP contribution in [0.15, 0.2) is 85.2 Å². The first kappa shape index (κ1) is 25.0. The standard InChI is InChI=1S/C26H21Cl2N5O3/c27-23-20(10-5-13-30-23)32-25(34)17-7-1-3-9-19(17)29-15-16-36-22-12-4-2-8-18(22)26(35)33-21-11-6-14-31-24(21)28/h1-14,29H,15-16H2,(H,32,34)(H,33,35). The summed E-state index contributed by atoms with van der Waals surface area (Å²) in [6.07, 6.45) is 3.08. The lowest BCUT2D eigenvalue weighted by Gasteiger charge is -2.14. The highest BCUT2D eigenvalue weighted by atomic mass is 35.5. The van der Waals surface area contributed by atoms with Gasteiger partial charge >= 0.3 is 0 Å². The summed E-state index contributed by atoms with van der Waals surface area (Å²) in [6, 6.07) is 20.7. The average Bonchev–Trinajstić information content (AvgIpc) is 2.89. The van der Waals surface area contributed by atoms with Crippen LogP contribution < -0.4 is 20.7 Å². The van der Waals surface area contributed by atoms with E-state index in [1.165, 1.54) is 6.20 Å². The van der Waals surface area contributed by atoms with Crippen molar-refractivity contribution in [3.05, 3.63) is 107 Å². The molecule has 2 heterocycles. The van der Waals surface area contributed by atoms with Crippen molar-refractivity contribution in [1.82, 2.24) is 9.97 Å². The summed E-state index contributed by atoms with van der Waals surface area (Å²) in [5, 5.41) is 9.11. The molecule has 0 bridgehead atoms. The molecule has 2 aromatic carbocycles. The molecular weight excluding hydrogens is 501 g/mol. The fraction of sp³-hybridized carbons (Fsp3) is 0.0769. The van der Waals surface area contributed by atoms with Gasteiger partial charge in [-0.1, -0.05) is 47.5 Å². The third kappa shape index (κ3) is 6.29.